The minimum Gasteiger partial charge on any atom is -0.377 e. The van der Waals surface area contributed by atoms with Gasteiger partial charge in [0, 0.05) is 19.1 Å². The zero-order valence-corrected chi connectivity index (χ0v) is 11.6. The molecule has 0 aromatic heterocycles. The highest BCUT2D eigenvalue weighted by Gasteiger charge is 2.40. The first-order chi connectivity index (χ1) is 7.93. The van der Waals surface area contributed by atoms with E-state index in [4.69, 9.17) is 10.6 Å². The lowest BCUT2D eigenvalue weighted by Gasteiger charge is -2.36. The van der Waals surface area contributed by atoms with Gasteiger partial charge in [0.05, 0.1) is 11.6 Å². The standard InChI is InChI=1S/C11H24N2O3S/c1-16-11(7-3-4-8-11)10(13-12)6-5-9-17(2,14)15/h10,13H,3-9,12H2,1-2H3. The van der Waals surface area contributed by atoms with Crippen LogP contribution in [-0.4, -0.2) is 39.2 Å². The van der Waals surface area contributed by atoms with Crippen LogP contribution >= 0.6 is 0 Å². The van der Waals surface area contributed by atoms with Gasteiger partial charge >= 0.3 is 0 Å². The summed E-state index contributed by atoms with van der Waals surface area (Å²) in [5, 5.41) is 0. The summed E-state index contributed by atoms with van der Waals surface area (Å²) in [7, 11) is -1.17. The number of hydrogen-bond donors (Lipinski definition) is 2. The van der Waals surface area contributed by atoms with Crippen LogP contribution in [0.3, 0.4) is 0 Å². The number of hydrogen-bond acceptors (Lipinski definition) is 5. The first-order valence-electron chi connectivity index (χ1n) is 6.12. The molecule has 1 unspecified atom stereocenters. The number of hydrazine groups is 1. The maximum absolute atomic E-state index is 11.1. The van der Waals surface area contributed by atoms with E-state index in [1.807, 2.05) is 0 Å². The summed E-state index contributed by atoms with van der Waals surface area (Å²) in [5.74, 6) is 5.80. The zero-order chi connectivity index (χ0) is 12.9. The van der Waals surface area contributed by atoms with E-state index in [1.54, 1.807) is 7.11 Å². The fourth-order valence-electron chi connectivity index (χ4n) is 2.72. The first-order valence-corrected chi connectivity index (χ1v) is 8.18. The summed E-state index contributed by atoms with van der Waals surface area (Å²) in [5.41, 5.74) is 2.60. The molecule has 0 radical (unpaired) electrons. The van der Waals surface area contributed by atoms with Crippen LogP contribution in [0.4, 0.5) is 0 Å². The maximum atomic E-state index is 11.1. The van der Waals surface area contributed by atoms with Gasteiger partial charge in [-0.3, -0.25) is 11.3 Å². The van der Waals surface area contributed by atoms with E-state index < -0.39 is 9.84 Å². The van der Waals surface area contributed by atoms with Crippen LogP contribution < -0.4 is 11.3 Å². The zero-order valence-electron chi connectivity index (χ0n) is 10.7. The van der Waals surface area contributed by atoms with Crippen LogP contribution in [0.2, 0.25) is 0 Å². The van der Waals surface area contributed by atoms with E-state index >= 15 is 0 Å². The van der Waals surface area contributed by atoms with Gasteiger partial charge in [0.2, 0.25) is 0 Å². The van der Waals surface area contributed by atoms with Gasteiger partial charge in [0.1, 0.15) is 9.84 Å². The summed E-state index contributed by atoms with van der Waals surface area (Å²) in [4.78, 5) is 0. The molecule has 1 rings (SSSR count). The fourth-order valence-corrected chi connectivity index (χ4v) is 3.41. The predicted molar refractivity (Wildman–Crippen MR) is 68.3 cm³/mol. The van der Waals surface area contributed by atoms with Crippen molar-refractivity contribution in [1.29, 1.82) is 0 Å². The number of sulfone groups is 1. The molecule has 6 heteroatoms. The van der Waals surface area contributed by atoms with E-state index in [2.05, 4.69) is 5.43 Å². The molecule has 1 aliphatic rings. The van der Waals surface area contributed by atoms with E-state index in [-0.39, 0.29) is 17.4 Å². The smallest absolute Gasteiger partial charge is 0.147 e. The Morgan fingerprint density at radius 3 is 2.41 bits per heavy atom. The Morgan fingerprint density at radius 1 is 1.41 bits per heavy atom. The highest BCUT2D eigenvalue weighted by molar-refractivity contribution is 7.90. The maximum Gasteiger partial charge on any atom is 0.147 e. The number of rotatable bonds is 7. The molecule has 17 heavy (non-hydrogen) atoms. The minimum atomic E-state index is -2.89. The number of nitrogens with two attached hydrogens (primary N) is 1. The third kappa shape index (κ3) is 4.21. The van der Waals surface area contributed by atoms with Gasteiger partial charge < -0.3 is 4.74 Å². The molecule has 1 saturated carbocycles. The third-order valence-electron chi connectivity index (χ3n) is 3.70. The molecule has 0 bridgehead atoms. The second kappa shape index (κ2) is 6.13. The van der Waals surface area contributed by atoms with Gasteiger partial charge in [-0.1, -0.05) is 12.8 Å². The highest BCUT2D eigenvalue weighted by Crippen LogP contribution is 2.36. The first kappa shape index (κ1) is 14.9. The molecular weight excluding hydrogens is 240 g/mol. The lowest BCUT2D eigenvalue weighted by Crippen LogP contribution is -2.53. The lowest BCUT2D eigenvalue weighted by molar-refractivity contribution is -0.0379. The molecule has 1 aliphatic carbocycles. The summed E-state index contributed by atoms with van der Waals surface area (Å²) in [6.45, 7) is 0. The van der Waals surface area contributed by atoms with Crippen LogP contribution in [-0.2, 0) is 14.6 Å². The van der Waals surface area contributed by atoms with E-state index in [0.29, 0.717) is 6.42 Å². The van der Waals surface area contributed by atoms with Crippen molar-refractivity contribution >= 4 is 9.84 Å². The molecular formula is C11H24N2O3S. The Balaban J connectivity index is 2.52. The molecule has 0 saturated heterocycles. The largest absolute Gasteiger partial charge is 0.377 e. The number of methoxy groups -OCH3 is 1. The topological polar surface area (TPSA) is 81.4 Å². The second-order valence-corrected chi connectivity index (χ2v) is 7.23. The van der Waals surface area contributed by atoms with Crippen LogP contribution in [0, 0.1) is 0 Å². The van der Waals surface area contributed by atoms with Crippen LogP contribution in [0.1, 0.15) is 38.5 Å². The van der Waals surface area contributed by atoms with Crippen molar-refractivity contribution in [2.45, 2.75) is 50.2 Å². The van der Waals surface area contributed by atoms with Gasteiger partial charge in [-0.05, 0) is 25.7 Å². The van der Waals surface area contributed by atoms with Crippen molar-refractivity contribution in [3.05, 3.63) is 0 Å². The predicted octanol–water partition coefficient (Wildman–Crippen LogP) is 0.602. The molecule has 1 atom stereocenters. The lowest BCUT2D eigenvalue weighted by atomic mass is 9.89. The molecule has 0 aromatic carbocycles. The summed E-state index contributed by atoms with van der Waals surface area (Å²) >= 11 is 0. The molecule has 0 aromatic rings. The van der Waals surface area contributed by atoms with Crippen molar-refractivity contribution in [1.82, 2.24) is 5.43 Å². The van der Waals surface area contributed by atoms with Crippen molar-refractivity contribution < 1.29 is 13.2 Å². The van der Waals surface area contributed by atoms with Gasteiger partial charge in [-0.2, -0.15) is 0 Å². The SMILES string of the molecule is COC1(C(CCCS(C)(=O)=O)NN)CCCC1. The summed E-state index contributed by atoms with van der Waals surface area (Å²) < 4.78 is 27.8. The van der Waals surface area contributed by atoms with Crippen LogP contribution in [0.15, 0.2) is 0 Å². The molecule has 3 N–H and O–H groups in total. The Labute approximate surface area is 104 Å². The number of ether oxygens (including phenoxy) is 1. The highest BCUT2D eigenvalue weighted by atomic mass is 32.2. The van der Waals surface area contributed by atoms with E-state index in [0.717, 1.165) is 32.1 Å². The van der Waals surface area contributed by atoms with Crippen molar-refractivity contribution in [3.63, 3.8) is 0 Å². The monoisotopic (exact) mass is 264 g/mol. The van der Waals surface area contributed by atoms with Crippen molar-refractivity contribution in [2.24, 2.45) is 5.84 Å². The Bertz CT molecular complexity index is 324. The quantitative estimate of drug-likeness (QED) is 0.520. The Morgan fingerprint density at radius 2 is 2.00 bits per heavy atom. The molecule has 0 aliphatic heterocycles. The van der Waals surface area contributed by atoms with Crippen molar-refractivity contribution in [2.75, 3.05) is 19.1 Å². The average molecular weight is 264 g/mol. The molecule has 5 nitrogen and oxygen atoms in total. The van der Waals surface area contributed by atoms with Crippen LogP contribution in [0.25, 0.3) is 0 Å². The van der Waals surface area contributed by atoms with Crippen molar-refractivity contribution in [3.8, 4) is 0 Å². The molecule has 1 fully saturated rings. The average Bonchev–Trinajstić information content (AvgIpc) is 2.72. The normalized spacial score (nSPS) is 21.6. The summed E-state index contributed by atoms with van der Waals surface area (Å²) in [6, 6.07) is 0.0387. The Hall–Kier alpha value is -0.170. The molecule has 0 spiro atoms. The minimum absolute atomic E-state index is 0.0387. The fraction of sp³-hybridized carbons (Fsp3) is 1.00. The van der Waals surface area contributed by atoms with E-state index in [9.17, 15) is 8.42 Å². The summed E-state index contributed by atoms with van der Waals surface area (Å²) in [6.07, 6.45) is 6.92. The molecule has 0 heterocycles. The number of nitrogens with one attached hydrogen (secondary N) is 1. The van der Waals surface area contributed by atoms with Gasteiger partial charge in [-0.25, -0.2) is 8.42 Å². The Kier molecular flexibility index (Phi) is 5.37. The third-order valence-corrected chi connectivity index (χ3v) is 4.73. The molecule has 102 valence electrons. The van der Waals surface area contributed by atoms with Gasteiger partial charge in [0.25, 0.3) is 0 Å². The second-order valence-electron chi connectivity index (χ2n) is 4.97. The van der Waals surface area contributed by atoms with Crippen LogP contribution in [0.5, 0.6) is 0 Å². The van der Waals surface area contributed by atoms with E-state index in [1.165, 1.54) is 6.26 Å². The van der Waals surface area contributed by atoms with Gasteiger partial charge in [0.15, 0.2) is 0 Å². The molecule has 0 amide bonds. The van der Waals surface area contributed by atoms with Gasteiger partial charge in [-0.15, -0.1) is 0 Å².